The molecule has 4 aromatic rings. The molecule has 2 aromatic heterocycles. The fraction of sp³-hybridized carbons (Fsp3) is 0.321. The summed E-state index contributed by atoms with van der Waals surface area (Å²) < 4.78 is 26.9. The van der Waals surface area contributed by atoms with Crippen molar-refractivity contribution in [2.75, 3.05) is 19.7 Å². The molecule has 0 saturated carbocycles. The molecule has 1 atom stereocenters. The third-order valence-corrected chi connectivity index (χ3v) is 8.19. The highest BCUT2D eigenvalue weighted by molar-refractivity contribution is 7.11. The number of halogens is 2. The third kappa shape index (κ3) is 5.69. The number of nitrogens with zero attached hydrogens (tertiary/aromatic N) is 4. The number of carboxylic acids is 1. The van der Waals surface area contributed by atoms with Crippen LogP contribution in [-0.2, 0) is 24.4 Å². The summed E-state index contributed by atoms with van der Waals surface area (Å²) in [4.78, 5) is 23.3. The number of ether oxygens (including phenoxy) is 2. The van der Waals surface area contributed by atoms with E-state index in [2.05, 4.69) is 20.5 Å². The lowest BCUT2D eigenvalue weighted by Crippen LogP contribution is -2.33. The predicted molar refractivity (Wildman–Crippen MR) is 147 cm³/mol. The van der Waals surface area contributed by atoms with Crippen molar-refractivity contribution in [2.24, 2.45) is 0 Å². The smallest absolute Gasteiger partial charge is 0.335 e. The predicted octanol–water partition coefficient (Wildman–Crippen LogP) is 5.64. The number of thiazole rings is 1. The molecule has 39 heavy (non-hydrogen) atoms. The van der Waals surface area contributed by atoms with Crippen LogP contribution in [0.4, 0.5) is 4.39 Å². The number of aromatic carboxylic acids is 1. The SMILES string of the molecule is O=C(O)c1ccc2nc(CN3CC=C(c4csc(OCc5ccc(F)cc5Cl)n4)CC3)n(C[C@@H]3CCO3)c2c1. The monoisotopic (exact) mass is 568 g/mol. The van der Waals surface area contributed by atoms with E-state index in [1.54, 1.807) is 24.3 Å². The van der Waals surface area contributed by atoms with Gasteiger partial charge in [-0.3, -0.25) is 4.90 Å². The highest BCUT2D eigenvalue weighted by atomic mass is 35.5. The highest BCUT2D eigenvalue weighted by Crippen LogP contribution is 2.30. The Labute approximate surface area is 233 Å². The van der Waals surface area contributed by atoms with E-state index in [-0.39, 0.29) is 24.1 Å². The van der Waals surface area contributed by atoms with Crippen LogP contribution >= 0.6 is 22.9 Å². The van der Waals surface area contributed by atoms with Crippen LogP contribution in [0.15, 0.2) is 47.9 Å². The molecule has 0 bridgehead atoms. The molecule has 2 aromatic carbocycles. The maximum atomic E-state index is 13.3. The number of hydrogen-bond acceptors (Lipinski definition) is 7. The summed E-state index contributed by atoms with van der Waals surface area (Å²) in [6.45, 7) is 3.88. The fourth-order valence-corrected chi connectivity index (χ4v) is 5.72. The largest absolute Gasteiger partial charge is 0.478 e. The molecule has 2 aliphatic rings. The van der Waals surface area contributed by atoms with Crippen LogP contribution in [0.5, 0.6) is 5.19 Å². The van der Waals surface area contributed by atoms with Crippen LogP contribution < -0.4 is 4.74 Å². The molecule has 2 aliphatic heterocycles. The van der Waals surface area contributed by atoms with Gasteiger partial charge in [0, 0.05) is 30.6 Å². The Hall–Kier alpha value is -3.31. The van der Waals surface area contributed by atoms with Gasteiger partial charge in [0.15, 0.2) is 0 Å². The summed E-state index contributed by atoms with van der Waals surface area (Å²) in [5, 5.41) is 12.3. The van der Waals surface area contributed by atoms with Crippen molar-refractivity contribution in [1.82, 2.24) is 19.4 Å². The number of carbonyl (C=O) groups is 1. The summed E-state index contributed by atoms with van der Waals surface area (Å²) in [5.74, 6) is -0.422. The Balaban J connectivity index is 1.13. The van der Waals surface area contributed by atoms with Gasteiger partial charge in [-0.2, -0.15) is 0 Å². The number of benzene rings is 2. The summed E-state index contributed by atoms with van der Waals surface area (Å²) in [6.07, 6.45) is 4.14. The lowest BCUT2D eigenvalue weighted by atomic mass is 10.1. The average Bonchev–Trinajstić information content (AvgIpc) is 3.50. The lowest BCUT2D eigenvalue weighted by molar-refractivity contribution is -0.0591. The first kappa shape index (κ1) is 25.9. The van der Waals surface area contributed by atoms with Gasteiger partial charge in [-0.15, -0.1) is 0 Å². The molecule has 0 amide bonds. The quantitative estimate of drug-likeness (QED) is 0.279. The Bertz CT molecular complexity index is 1560. The summed E-state index contributed by atoms with van der Waals surface area (Å²) in [5.41, 5.74) is 4.64. The molecule has 1 saturated heterocycles. The van der Waals surface area contributed by atoms with Gasteiger partial charge in [0.25, 0.3) is 5.19 Å². The van der Waals surface area contributed by atoms with E-state index >= 15 is 0 Å². The molecule has 1 fully saturated rings. The van der Waals surface area contributed by atoms with Gasteiger partial charge in [-0.05, 0) is 48.7 Å². The molecule has 11 heteroatoms. The first-order valence-electron chi connectivity index (χ1n) is 12.7. The van der Waals surface area contributed by atoms with Gasteiger partial charge in [0.2, 0.25) is 0 Å². The van der Waals surface area contributed by atoms with Crippen LogP contribution in [0.25, 0.3) is 16.6 Å². The molecule has 0 aliphatic carbocycles. The van der Waals surface area contributed by atoms with E-state index in [0.717, 1.165) is 55.1 Å². The average molecular weight is 569 g/mol. The second-order valence-corrected chi connectivity index (χ2v) is 10.9. The standard InChI is InChI=1S/C28H26ClFN4O4S/c29-22-12-20(30)3-1-19(22)15-38-28-32-24(16-39-28)17-5-8-33(9-6-17)14-26-31-23-4-2-18(27(35)36)11-25(23)34(26)13-21-7-10-37-21/h1-5,11-12,16,21H,6-10,13-15H2,(H,35,36)/t21-/m0/s1. The maximum absolute atomic E-state index is 13.3. The number of rotatable bonds is 9. The van der Waals surface area contributed by atoms with Crippen LogP contribution in [0, 0.1) is 5.82 Å². The number of imidazole rings is 1. The van der Waals surface area contributed by atoms with Crippen molar-refractivity contribution in [3.63, 3.8) is 0 Å². The van der Waals surface area contributed by atoms with Crippen molar-refractivity contribution >= 4 is 45.5 Å². The maximum Gasteiger partial charge on any atom is 0.335 e. The van der Waals surface area contributed by atoms with Crippen molar-refractivity contribution in [1.29, 1.82) is 0 Å². The minimum absolute atomic E-state index is 0.127. The minimum Gasteiger partial charge on any atom is -0.478 e. The molecule has 8 nitrogen and oxygen atoms in total. The second-order valence-electron chi connectivity index (χ2n) is 9.67. The Morgan fingerprint density at radius 2 is 2.13 bits per heavy atom. The third-order valence-electron chi connectivity index (χ3n) is 7.09. The summed E-state index contributed by atoms with van der Waals surface area (Å²) >= 11 is 7.52. The zero-order valence-corrected chi connectivity index (χ0v) is 22.6. The van der Waals surface area contributed by atoms with Crippen molar-refractivity contribution in [2.45, 2.75) is 38.6 Å². The van der Waals surface area contributed by atoms with Crippen molar-refractivity contribution in [3.05, 3.63) is 81.3 Å². The van der Waals surface area contributed by atoms with Crippen LogP contribution in [0.3, 0.4) is 0 Å². The highest BCUT2D eigenvalue weighted by Gasteiger charge is 2.24. The van der Waals surface area contributed by atoms with Gasteiger partial charge in [-0.1, -0.05) is 35.1 Å². The topological polar surface area (TPSA) is 89.7 Å². The molecule has 0 spiro atoms. The normalized spacial score (nSPS) is 17.7. The van der Waals surface area contributed by atoms with Crippen LogP contribution in [-0.4, -0.2) is 56.3 Å². The van der Waals surface area contributed by atoms with Gasteiger partial charge in [0.1, 0.15) is 18.2 Å². The van der Waals surface area contributed by atoms with E-state index in [1.165, 1.54) is 29.0 Å². The number of hydrogen-bond donors (Lipinski definition) is 1. The first-order valence-corrected chi connectivity index (χ1v) is 14.0. The lowest BCUT2D eigenvalue weighted by Gasteiger charge is -2.29. The number of fused-ring (bicyclic) bond motifs is 1. The summed E-state index contributed by atoms with van der Waals surface area (Å²) in [6, 6.07) is 9.33. The van der Waals surface area contributed by atoms with E-state index < -0.39 is 5.97 Å². The van der Waals surface area contributed by atoms with E-state index in [4.69, 9.17) is 26.1 Å². The van der Waals surface area contributed by atoms with Crippen molar-refractivity contribution in [3.8, 4) is 5.19 Å². The number of aromatic nitrogens is 3. The molecule has 0 unspecified atom stereocenters. The van der Waals surface area contributed by atoms with Crippen LogP contribution in [0.2, 0.25) is 5.02 Å². The molecule has 202 valence electrons. The van der Waals surface area contributed by atoms with E-state index in [0.29, 0.717) is 28.9 Å². The molecular formula is C28H26ClFN4O4S. The Morgan fingerprint density at radius 3 is 2.85 bits per heavy atom. The zero-order valence-electron chi connectivity index (χ0n) is 21.0. The molecular weight excluding hydrogens is 543 g/mol. The van der Waals surface area contributed by atoms with Crippen LogP contribution in [0.1, 0.15) is 40.3 Å². The minimum atomic E-state index is -0.949. The number of carboxylic acid groups (broad SMARTS) is 1. The Morgan fingerprint density at radius 1 is 1.26 bits per heavy atom. The van der Waals surface area contributed by atoms with Crippen molar-refractivity contribution < 1.29 is 23.8 Å². The second kappa shape index (κ2) is 11.1. The molecule has 6 rings (SSSR count). The van der Waals surface area contributed by atoms with Gasteiger partial charge in [0.05, 0.1) is 46.5 Å². The first-order chi connectivity index (χ1) is 18.9. The van der Waals surface area contributed by atoms with E-state index in [1.807, 2.05) is 5.38 Å². The van der Waals surface area contributed by atoms with Gasteiger partial charge >= 0.3 is 5.97 Å². The van der Waals surface area contributed by atoms with E-state index in [9.17, 15) is 14.3 Å². The molecule has 4 heterocycles. The Kier molecular flexibility index (Phi) is 7.35. The van der Waals surface area contributed by atoms with Gasteiger partial charge in [-0.25, -0.2) is 19.2 Å². The van der Waals surface area contributed by atoms with Gasteiger partial charge < -0.3 is 19.1 Å². The molecule has 1 N–H and O–H groups in total. The zero-order chi connectivity index (χ0) is 26.9. The summed E-state index contributed by atoms with van der Waals surface area (Å²) in [7, 11) is 0. The fourth-order valence-electron chi connectivity index (χ4n) is 4.80. The molecule has 0 radical (unpaired) electrons.